The van der Waals surface area contributed by atoms with Crippen molar-refractivity contribution in [2.45, 2.75) is 12.3 Å². The first-order chi connectivity index (χ1) is 8.15. The molecule has 0 N–H and O–H groups in total. The van der Waals surface area contributed by atoms with Gasteiger partial charge in [-0.15, -0.1) is 11.6 Å². The molecule has 2 nitrogen and oxygen atoms in total. The van der Waals surface area contributed by atoms with Crippen LogP contribution in [-0.2, 0) is 0 Å². The Hall–Kier alpha value is -1.54. The van der Waals surface area contributed by atoms with Gasteiger partial charge in [-0.3, -0.25) is 4.79 Å². The van der Waals surface area contributed by atoms with Crippen LogP contribution in [-0.4, -0.2) is 18.3 Å². The van der Waals surface area contributed by atoms with Crippen LogP contribution >= 0.6 is 11.6 Å². The minimum absolute atomic E-state index is 0.111. The van der Waals surface area contributed by atoms with Gasteiger partial charge in [0, 0.05) is 0 Å². The van der Waals surface area contributed by atoms with Gasteiger partial charge in [-0.25, -0.2) is 0 Å². The molecule has 0 aromatic heterocycles. The Morgan fingerprint density at radius 3 is 2.59 bits per heavy atom. The van der Waals surface area contributed by atoms with Gasteiger partial charge in [0.1, 0.15) is 5.75 Å². The highest BCUT2D eigenvalue weighted by atomic mass is 35.5. The minimum atomic E-state index is -0.560. The number of alkyl halides is 1. The van der Waals surface area contributed by atoms with Crippen LogP contribution in [0.5, 0.6) is 5.75 Å². The molecule has 17 heavy (non-hydrogen) atoms. The van der Waals surface area contributed by atoms with Crippen LogP contribution in [0.1, 0.15) is 17.3 Å². The Bertz CT molecular complexity index is 561. The molecule has 0 fully saturated rings. The fourth-order valence-electron chi connectivity index (χ4n) is 1.87. The predicted molar refractivity (Wildman–Crippen MR) is 70.1 cm³/mol. The Kier molecular flexibility index (Phi) is 3.34. The molecule has 0 saturated heterocycles. The topological polar surface area (TPSA) is 26.3 Å². The van der Waals surface area contributed by atoms with Crippen molar-refractivity contribution < 1.29 is 9.53 Å². The van der Waals surface area contributed by atoms with Crippen molar-refractivity contribution in [3.8, 4) is 5.75 Å². The van der Waals surface area contributed by atoms with Crippen LogP contribution in [0.15, 0.2) is 36.4 Å². The van der Waals surface area contributed by atoms with Crippen LogP contribution in [0.3, 0.4) is 0 Å². The van der Waals surface area contributed by atoms with Gasteiger partial charge < -0.3 is 4.74 Å². The van der Waals surface area contributed by atoms with Gasteiger partial charge in [-0.1, -0.05) is 30.3 Å². The summed E-state index contributed by atoms with van der Waals surface area (Å²) >= 11 is 5.89. The van der Waals surface area contributed by atoms with Crippen LogP contribution in [0, 0.1) is 0 Å². The molecule has 0 spiro atoms. The van der Waals surface area contributed by atoms with Crippen molar-refractivity contribution in [2.75, 3.05) is 7.11 Å². The highest BCUT2D eigenvalue weighted by molar-refractivity contribution is 6.35. The van der Waals surface area contributed by atoms with Crippen molar-refractivity contribution in [2.24, 2.45) is 0 Å². The number of carbonyl (C=O) groups excluding carboxylic acids is 1. The lowest BCUT2D eigenvalue weighted by Crippen LogP contribution is -2.12. The van der Waals surface area contributed by atoms with Gasteiger partial charge in [0.25, 0.3) is 0 Å². The molecular weight excluding hydrogens is 236 g/mol. The summed E-state index contributed by atoms with van der Waals surface area (Å²) in [5, 5.41) is 1.33. The van der Waals surface area contributed by atoms with Crippen LogP contribution in [0.25, 0.3) is 10.8 Å². The normalized spacial score (nSPS) is 12.4. The largest absolute Gasteiger partial charge is 0.496 e. The molecule has 0 bridgehead atoms. The average Bonchev–Trinajstić information content (AvgIpc) is 2.36. The first-order valence-electron chi connectivity index (χ1n) is 5.39. The SMILES string of the molecule is COc1ccc2ccccc2c1C(=O)[C@H](C)Cl. The monoisotopic (exact) mass is 248 g/mol. The van der Waals surface area contributed by atoms with E-state index in [9.17, 15) is 4.79 Å². The molecule has 0 aliphatic carbocycles. The summed E-state index contributed by atoms with van der Waals surface area (Å²) in [5.41, 5.74) is 0.563. The molecule has 1 atom stereocenters. The van der Waals surface area contributed by atoms with E-state index in [1.54, 1.807) is 20.1 Å². The van der Waals surface area contributed by atoms with Crippen molar-refractivity contribution in [3.05, 3.63) is 42.0 Å². The average molecular weight is 249 g/mol. The third-order valence-corrected chi connectivity index (χ3v) is 2.92. The highest BCUT2D eigenvalue weighted by Crippen LogP contribution is 2.29. The van der Waals surface area contributed by atoms with E-state index in [-0.39, 0.29) is 5.78 Å². The van der Waals surface area contributed by atoms with Gasteiger partial charge in [-0.05, 0) is 23.8 Å². The van der Waals surface area contributed by atoms with E-state index in [1.807, 2.05) is 30.3 Å². The number of hydrogen-bond donors (Lipinski definition) is 0. The van der Waals surface area contributed by atoms with Crippen LogP contribution in [0.2, 0.25) is 0 Å². The number of rotatable bonds is 3. The molecule has 2 rings (SSSR count). The molecule has 0 radical (unpaired) electrons. The highest BCUT2D eigenvalue weighted by Gasteiger charge is 2.19. The summed E-state index contributed by atoms with van der Waals surface area (Å²) < 4.78 is 5.25. The number of ether oxygens (including phenoxy) is 1. The lowest BCUT2D eigenvalue weighted by atomic mass is 9.99. The van der Waals surface area contributed by atoms with Gasteiger partial charge in [0.2, 0.25) is 0 Å². The van der Waals surface area contributed by atoms with Crippen LogP contribution in [0.4, 0.5) is 0 Å². The van der Waals surface area contributed by atoms with Gasteiger partial charge in [0.05, 0.1) is 18.1 Å². The first-order valence-corrected chi connectivity index (χ1v) is 5.83. The maximum absolute atomic E-state index is 12.1. The summed E-state index contributed by atoms with van der Waals surface area (Å²) in [7, 11) is 1.56. The number of Topliss-reactive ketones (excluding diaryl/α,β-unsaturated/α-hetero) is 1. The van der Waals surface area contributed by atoms with E-state index < -0.39 is 5.38 Å². The van der Waals surface area contributed by atoms with Crippen molar-refractivity contribution >= 4 is 28.2 Å². The number of fused-ring (bicyclic) bond motifs is 1. The minimum Gasteiger partial charge on any atom is -0.496 e. The summed E-state index contributed by atoms with van der Waals surface area (Å²) in [4.78, 5) is 12.1. The molecule has 2 aromatic rings. The molecule has 0 amide bonds. The second-order valence-corrected chi connectivity index (χ2v) is 4.50. The van der Waals surface area contributed by atoms with Crippen molar-refractivity contribution in [3.63, 3.8) is 0 Å². The maximum atomic E-state index is 12.1. The van der Waals surface area contributed by atoms with Crippen LogP contribution < -0.4 is 4.74 Å². The van der Waals surface area contributed by atoms with Gasteiger partial charge >= 0.3 is 0 Å². The van der Waals surface area contributed by atoms with Gasteiger partial charge in [0.15, 0.2) is 5.78 Å². The molecule has 0 heterocycles. The molecule has 0 aliphatic rings. The second kappa shape index (κ2) is 4.76. The predicted octanol–water partition coefficient (Wildman–Crippen LogP) is 3.66. The standard InChI is InChI=1S/C14H13ClO2/c1-9(15)14(16)13-11-6-4-3-5-10(11)7-8-12(13)17-2/h3-9H,1-2H3/t9-/m0/s1. The second-order valence-electron chi connectivity index (χ2n) is 3.84. The Morgan fingerprint density at radius 2 is 1.94 bits per heavy atom. The zero-order chi connectivity index (χ0) is 12.4. The lowest BCUT2D eigenvalue weighted by molar-refractivity contribution is 0.0990. The number of hydrogen-bond acceptors (Lipinski definition) is 2. The van der Waals surface area contributed by atoms with Crippen molar-refractivity contribution in [1.29, 1.82) is 0 Å². The van der Waals surface area contributed by atoms with E-state index in [4.69, 9.17) is 16.3 Å². The maximum Gasteiger partial charge on any atom is 0.184 e. The number of ketones is 1. The molecule has 88 valence electrons. The zero-order valence-corrected chi connectivity index (χ0v) is 10.5. The summed E-state index contributed by atoms with van der Waals surface area (Å²) in [6, 6.07) is 11.4. The molecule has 2 aromatic carbocycles. The summed E-state index contributed by atoms with van der Waals surface area (Å²) in [5.74, 6) is 0.460. The number of benzene rings is 2. The zero-order valence-electron chi connectivity index (χ0n) is 9.74. The Labute approximate surface area is 105 Å². The summed E-state index contributed by atoms with van der Waals surface area (Å²) in [6.45, 7) is 1.67. The fourth-order valence-corrected chi connectivity index (χ4v) is 1.98. The van der Waals surface area contributed by atoms with E-state index in [1.165, 1.54) is 0 Å². The third-order valence-electron chi connectivity index (χ3n) is 2.72. The summed E-state index contributed by atoms with van der Waals surface area (Å²) in [6.07, 6.45) is 0. The number of methoxy groups -OCH3 is 1. The number of carbonyl (C=O) groups is 1. The number of halogens is 1. The molecule has 0 saturated carbocycles. The van der Waals surface area contributed by atoms with Gasteiger partial charge in [-0.2, -0.15) is 0 Å². The molecule has 3 heteroatoms. The van der Waals surface area contributed by atoms with Crippen molar-refractivity contribution in [1.82, 2.24) is 0 Å². The molecule has 0 aliphatic heterocycles. The fraction of sp³-hybridized carbons (Fsp3) is 0.214. The quantitative estimate of drug-likeness (QED) is 0.612. The Morgan fingerprint density at radius 1 is 1.24 bits per heavy atom. The third kappa shape index (κ3) is 2.13. The molecular formula is C14H13ClO2. The molecule has 0 unspecified atom stereocenters. The van der Waals surface area contributed by atoms with E-state index in [0.717, 1.165) is 10.8 Å². The van der Waals surface area contributed by atoms with E-state index in [2.05, 4.69) is 0 Å². The Balaban J connectivity index is 2.76. The van der Waals surface area contributed by atoms with E-state index in [0.29, 0.717) is 11.3 Å². The first kappa shape index (κ1) is 11.9. The lowest BCUT2D eigenvalue weighted by Gasteiger charge is -2.12. The smallest absolute Gasteiger partial charge is 0.184 e. The van der Waals surface area contributed by atoms with E-state index >= 15 is 0 Å².